The summed E-state index contributed by atoms with van der Waals surface area (Å²) >= 11 is 3.44. The molecule has 1 aliphatic heterocycles. The number of carbonyl (C=O) groups is 1. The van der Waals surface area contributed by atoms with E-state index in [-0.39, 0.29) is 5.91 Å². The van der Waals surface area contributed by atoms with Crippen molar-refractivity contribution in [1.29, 1.82) is 0 Å². The molecule has 92 valence electrons. The molecule has 1 fully saturated rings. The van der Waals surface area contributed by atoms with Crippen molar-refractivity contribution in [3.8, 4) is 0 Å². The van der Waals surface area contributed by atoms with Gasteiger partial charge in [-0.2, -0.15) is 0 Å². The molecular formula is C13H16BrNO2. The first kappa shape index (κ1) is 12.6. The second kappa shape index (κ2) is 6.17. The summed E-state index contributed by atoms with van der Waals surface area (Å²) in [5, 5.41) is 2.96. The van der Waals surface area contributed by atoms with Crippen molar-refractivity contribution in [2.45, 2.75) is 12.8 Å². The van der Waals surface area contributed by atoms with Gasteiger partial charge in [0.2, 0.25) is 5.91 Å². The number of halogens is 1. The topological polar surface area (TPSA) is 38.3 Å². The summed E-state index contributed by atoms with van der Waals surface area (Å²) < 4.78 is 6.25. The van der Waals surface area contributed by atoms with Gasteiger partial charge in [0, 0.05) is 23.5 Å². The fraction of sp³-hybridized carbons (Fsp3) is 0.462. The largest absolute Gasteiger partial charge is 0.381 e. The first-order chi connectivity index (χ1) is 8.25. The third-order valence-electron chi connectivity index (χ3n) is 2.92. The van der Waals surface area contributed by atoms with Crippen molar-refractivity contribution in [1.82, 2.24) is 5.32 Å². The molecule has 1 unspecified atom stereocenters. The average molecular weight is 298 g/mol. The molecule has 0 aromatic heterocycles. The minimum atomic E-state index is 0.0730. The van der Waals surface area contributed by atoms with Crippen LogP contribution in [0.3, 0.4) is 0 Å². The summed E-state index contributed by atoms with van der Waals surface area (Å²) in [5.41, 5.74) is 1.02. The predicted molar refractivity (Wildman–Crippen MR) is 69.8 cm³/mol. The molecule has 0 aliphatic carbocycles. The van der Waals surface area contributed by atoms with Gasteiger partial charge in [-0.15, -0.1) is 0 Å². The van der Waals surface area contributed by atoms with E-state index < -0.39 is 0 Å². The van der Waals surface area contributed by atoms with Crippen LogP contribution in [-0.2, 0) is 16.0 Å². The molecular weight excluding hydrogens is 282 g/mol. The minimum Gasteiger partial charge on any atom is -0.381 e. The Morgan fingerprint density at radius 2 is 2.29 bits per heavy atom. The molecule has 2 rings (SSSR count). The zero-order valence-corrected chi connectivity index (χ0v) is 11.2. The van der Waals surface area contributed by atoms with E-state index in [9.17, 15) is 4.79 Å². The number of hydrogen-bond acceptors (Lipinski definition) is 2. The van der Waals surface area contributed by atoms with E-state index in [1.807, 2.05) is 24.3 Å². The van der Waals surface area contributed by atoms with Crippen LogP contribution < -0.4 is 5.32 Å². The summed E-state index contributed by atoms with van der Waals surface area (Å²) in [6, 6.07) is 7.80. The number of nitrogens with one attached hydrogen (secondary N) is 1. The van der Waals surface area contributed by atoms with Gasteiger partial charge in [-0.1, -0.05) is 34.1 Å². The van der Waals surface area contributed by atoms with Crippen molar-refractivity contribution < 1.29 is 9.53 Å². The maximum atomic E-state index is 11.7. The number of rotatable bonds is 4. The maximum Gasteiger partial charge on any atom is 0.224 e. The van der Waals surface area contributed by atoms with E-state index >= 15 is 0 Å². The zero-order chi connectivity index (χ0) is 12.1. The van der Waals surface area contributed by atoms with Crippen LogP contribution >= 0.6 is 15.9 Å². The van der Waals surface area contributed by atoms with E-state index in [4.69, 9.17) is 4.74 Å². The lowest BCUT2D eigenvalue weighted by molar-refractivity contribution is -0.120. The Labute approximate surface area is 110 Å². The van der Waals surface area contributed by atoms with Crippen molar-refractivity contribution in [3.63, 3.8) is 0 Å². The lowest BCUT2D eigenvalue weighted by Gasteiger charge is -2.10. The van der Waals surface area contributed by atoms with E-state index in [0.717, 1.165) is 36.2 Å². The molecule has 0 spiro atoms. The van der Waals surface area contributed by atoms with Crippen LogP contribution in [-0.4, -0.2) is 25.7 Å². The zero-order valence-electron chi connectivity index (χ0n) is 9.62. The Hall–Kier alpha value is -0.870. The SMILES string of the molecule is O=C(Cc1ccccc1Br)NCC1CCOC1. The summed E-state index contributed by atoms with van der Waals surface area (Å²) in [4.78, 5) is 11.7. The van der Waals surface area contributed by atoms with Crippen LogP contribution in [0.2, 0.25) is 0 Å². The standard InChI is InChI=1S/C13H16BrNO2/c14-12-4-2-1-3-11(12)7-13(16)15-8-10-5-6-17-9-10/h1-4,10H,5-9H2,(H,15,16). The molecule has 0 saturated carbocycles. The van der Waals surface area contributed by atoms with Gasteiger partial charge in [-0.3, -0.25) is 4.79 Å². The van der Waals surface area contributed by atoms with E-state index in [1.165, 1.54) is 0 Å². The number of ether oxygens (including phenoxy) is 1. The first-order valence-corrected chi connectivity index (χ1v) is 6.63. The van der Waals surface area contributed by atoms with Gasteiger partial charge in [0.15, 0.2) is 0 Å². The third-order valence-corrected chi connectivity index (χ3v) is 3.69. The number of carbonyl (C=O) groups excluding carboxylic acids is 1. The van der Waals surface area contributed by atoms with Crippen molar-refractivity contribution in [2.75, 3.05) is 19.8 Å². The lowest BCUT2D eigenvalue weighted by Crippen LogP contribution is -2.30. The van der Waals surface area contributed by atoms with Gasteiger partial charge in [0.25, 0.3) is 0 Å². The normalized spacial score (nSPS) is 19.2. The second-order valence-electron chi connectivity index (χ2n) is 4.30. The van der Waals surface area contributed by atoms with Crippen LogP contribution in [0.1, 0.15) is 12.0 Å². The van der Waals surface area contributed by atoms with Crippen LogP contribution in [0.25, 0.3) is 0 Å². The lowest BCUT2D eigenvalue weighted by atomic mass is 10.1. The van der Waals surface area contributed by atoms with Crippen molar-refractivity contribution in [2.24, 2.45) is 5.92 Å². The number of amides is 1. The Kier molecular flexibility index (Phi) is 4.57. The molecule has 0 radical (unpaired) electrons. The van der Waals surface area contributed by atoms with Gasteiger partial charge in [0.05, 0.1) is 13.0 Å². The molecule has 1 atom stereocenters. The predicted octanol–water partition coefficient (Wildman–Crippen LogP) is 2.14. The summed E-state index contributed by atoms with van der Waals surface area (Å²) in [6.45, 7) is 2.32. The van der Waals surface area contributed by atoms with Crippen LogP contribution in [0.4, 0.5) is 0 Å². The van der Waals surface area contributed by atoms with Crippen molar-refractivity contribution in [3.05, 3.63) is 34.3 Å². The first-order valence-electron chi connectivity index (χ1n) is 5.83. The molecule has 1 aliphatic rings. The average Bonchev–Trinajstić information content (AvgIpc) is 2.82. The maximum absolute atomic E-state index is 11.7. The molecule has 1 saturated heterocycles. The third kappa shape index (κ3) is 3.82. The highest BCUT2D eigenvalue weighted by Crippen LogP contribution is 2.16. The molecule has 1 amide bonds. The number of hydrogen-bond donors (Lipinski definition) is 1. The fourth-order valence-corrected chi connectivity index (χ4v) is 2.30. The van der Waals surface area contributed by atoms with Gasteiger partial charge >= 0.3 is 0 Å². The smallest absolute Gasteiger partial charge is 0.224 e. The van der Waals surface area contributed by atoms with Crippen LogP contribution in [0, 0.1) is 5.92 Å². The Bertz CT molecular complexity index is 389. The Morgan fingerprint density at radius 3 is 3.00 bits per heavy atom. The highest BCUT2D eigenvalue weighted by Gasteiger charge is 2.16. The molecule has 0 bridgehead atoms. The minimum absolute atomic E-state index is 0.0730. The van der Waals surface area contributed by atoms with Crippen LogP contribution in [0.5, 0.6) is 0 Å². The van der Waals surface area contributed by atoms with Crippen LogP contribution in [0.15, 0.2) is 28.7 Å². The van der Waals surface area contributed by atoms with Gasteiger partial charge in [0.1, 0.15) is 0 Å². The summed E-state index contributed by atoms with van der Waals surface area (Å²) in [6.07, 6.45) is 1.48. The van der Waals surface area contributed by atoms with E-state index in [1.54, 1.807) is 0 Å². The number of benzene rings is 1. The molecule has 1 aromatic carbocycles. The summed E-state index contributed by atoms with van der Waals surface area (Å²) in [5.74, 6) is 0.557. The Morgan fingerprint density at radius 1 is 1.47 bits per heavy atom. The molecule has 17 heavy (non-hydrogen) atoms. The van der Waals surface area contributed by atoms with Gasteiger partial charge < -0.3 is 10.1 Å². The molecule has 1 heterocycles. The van der Waals surface area contributed by atoms with Gasteiger partial charge in [-0.25, -0.2) is 0 Å². The van der Waals surface area contributed by atoms with E-state index in [0.29, 0.717) is 12.3 Å². The fourth-order valence-electron chi connectivity index (χ4n) is 1.88. The Balaban J connectivity index is 1.79. The monoisotopic (exact) mass is 297 g/mol. The molecule has 4 heteroatoms. The molecule has 1 N–H and O–H groups in total. The van der Waals surface area contributed by atoms with E-state index in [2.05, 4.69) is 21.2 Å². The van der Waals surface area contributed by atoms with Gasteiger partial charge in [-0.05, 0) is 18.1 Å². The quantitative estimate of drug-likeness (QED) is 0.925. The van der Waals surface area contributed by atoms with Crippen molar-refractivity contribution >= 4 is 21.8 Å². The molecule has 3 nitrogen and oxygen atoms in total. The molecule has 1 aromatic rings. The second-order valence-corrected chi connectivity index (χ2v) is 5.16. The summed E-state index contributed by atoms with van der Waals surface area (Å²) in [7, 11) is 0. The highest BCUT2D eigenvalue weighted by molar-refractivity contribution is 9.10. The highest BCUT2D eigenvalue weighted by atomic mass is 79.9.